The summed E-state index contributed by atoms with van der Waals surface area (Å²) in [6.45, 7) is 2.68. The third-order valence-electron chi connectivity index (χ3n) is 3.15. The van der Waals surface area contributed by atoms with E-state index in [0.717, 1.165) is 22.0 Å². The number of hydrazone groups is 2. The summed E-state index contributed by atoms with van der Waals surface area (Å²) in [5, 5.41) is 9.67. The van der Waals surface area contributed by atoms with Crippen molar-refractivity contribution in [1.82, 2.24) is 15.4 Å². The van der Waals surface area contributed by atoms with E-state index in [4.69, 9.17) is 47.5 Å². The highest BCUT2D eigenvalue weighted by atomic mass is 35.5. The number of thiocarbonyl (C=S) groups is 2. The lowest BCUT2D eigenvalue weighted by molar-refractivity contribution is 0.797. The molecule has 6 N–H and O–H groups in total. The molecule has 0 atom stereocenters. The minimum Gasteiger partial charge on any atom is -0.375 e. The van der Waals surface area contributed by atoms with Gasteiger partial charge in [-0.2, -0.15) is 10.2 Å². The standard InChI is InChI=1S/C14H16ClN7S2/c1-2-22-11-8(6-18-20-13(16)23)4-3-5-9(11)10(12(22)15)7-19-21-14(17)24/h3-7H,2H2,1H3,(H3,16,20,23)(H3,17,21,24)/b18-6-,19-7+. The highest BCUT2D eigenvalue weighted by molar-refractivity contribution is 7.80. The Morgan fingerprint density at radius 2 is 1.83 bits per heavy atom. The third-order valence-corrected chi connectivity index (χ3v) is 3.74. The van der Waals surface area contributed by atoms with E-state index in [0.29, 0.717) is 11.7 Å². The van der Waals surface area contributed by atoms with Crippen LogP contribution in [0, 0.1) is 0 Å². The van der Waals surface area contributed by atoms with Crippen LogP contribution < -0.4 is 22.3 Å². The Morgan fingerprint density at radius 1 is 1.21 bits per heavy atom. The molecule has 0 aliphatic carbocycles. The fraction of sp³-hybridized carbons (Fsp3) is 0.143. The van der Waals surface area contributed by atoms with Gasteiger partial charge in [-0.1, -0.05) is 29.8 Å². The van der Waals surface area contributed by atoms with Gasteiger partial charge in [0.2, 0.25) is 0 Å². The van der Waals surface area contributed by atoms with Gasteiger partial charge in [-0.25, -0.2) is 0 Å². The Bertz CT molecular complexity index is 841. The van der Waals surface area contributed by atoms with Gasteiger partial charge >= 0.3 is 0 Å². The molecule has 0 unspecified atom stereocenters. The topological polar surface area (TPSA) is 106 Å². The van der Waals surface area contributed by atoms with E-state index in [-0.39, 0.29) is 10.2 Å². The first kappa shape index (κ1) is 18.1. The predicted molar refractivity (Wildman–Crippen MR) is 108 cm³/mol. The molecule has 2 rings (SSSR count). The molecule has 1 heterocycles. The fourth-order valence-corrected chi connectivity index (χ4v) is 2.74. The Hall–Kier alpha value is -2.23. The minimum atomic E-state index is 0.0817. The molecule has 2 aromatic rings. The summed E-state index contributed by atoms with van der Waals surface area (Å²) < 4.78 is 1.96. The summed E-state index contributed by atoms with van der Waals surface area (Å²) >= 11 is 16.0. The number of aryl methyl sites for hydroxylation is 1. The predicted octanol–water partition coefficient (Wildman–Crippen LogP) is 1.65. The molecule has 24 heavy (non-hydrogen) atoms. The summed E-state index contributed by atoms with van der Waals surface area (Å²) in [7, 11) is 0. The number of nitrogens with one attached hydrogen (secondary N) is 2. The number of hydrogen-bond acceptors (Lipinski definition) is 4. The maximum absolute atomic E-state index is 6.50. The third kappa shape index (κ3) is 3.99. The van der Waals surface area contributed by atoms with Crippen LogP contribution in [0.1, 0.15) is 18.1 Å². The first-order chi connectivity index (χ1) is 11.5. The van der Waals surface area contributed by atoms with Crippen LogP contribution in [0.5, 0.6) is 0 Å². The Morgan fingerprint density at radius 3 is 2.42 bits per heavy atom. The molecule has 0 spiro atoms. The molecule has 0 bridgehead atoms. The molecule has 1 aromatic heterocycles. The number of benzene rings is 1. The number of nitrogens with two attached hydrogens (primary N) is 2. The van der Waals surface area contributed by atoms with Gasteiger partial charge in [-0.3, -0.25) is 10.9 Å². The lowest BCUT2D eigenvalue weighted by Crippen LogP contribution is -2.24. The number of rotatable bonds is 5. The van der Waals surface area contributed by atoms with E-state index in [2.05, 4.69) is 21.1 Å². The zero-order valence-corrected chi connectivity index (χ0v) is 15.2. The lowest BCUT2D eigenvalue weighted by Gasteiger charge is -2.05. The number of fused-ring (bicyclic) bond motifs is 1. The number of aromatic nitrogens is 1. The molecule has 10 heteroatoms. The van der Waals surface area contributed by atoms with Crippen LogP contribution in [-0.2, 0) is 6.54 Å². The van der Waals surface area contributed by atoms with Crippen LogP contribution in [0.4, 0.5) is 0 Å². The summed E-state index contributed by atoms with van der Waals surface area (Å²) in [6, 6.07) is 5.77. The van der Waals surface area contributed by atoms with Crippen LogP contribution in [0.25, 0.3) is 10.9 Å². The van der Waals surface area contributed by atoms with Crippen LogP contribution in [-0.4, -0.2) is 27.2 Å². The van der Waals surface area contributed by atoms with Crippen molar-refractivity contribution in [3.63, 3.8) is 0 Å². The van der Waals surface area contributed by atoms with Gasteiger partial charge in [0.25, 0.3) is 0 Å². The lowest BCUT2D eigenvalue weighted by atomic mass is 10.1. The highest BCUT2D eigenvalue weighted by Crippen LogP contribution is 2.30. The largest absolute Gasteiger partial charge is 0.375 e. The molecule has 0 aliphatic heterocycles. The SMILES string of the molecule is CCn1c(Cl)c(/C=N/NC(N)=S)c2cccc(/C=N\NC(N)=S)c21. The molecule has 126 valence electrons. The van der Waals surface area contributed by atoms with Crippen molar-refractivity contribution in [3.8, 4) is 0 Å². The quantitative estimate of drug-likeness (QED) is 0.356. The van der Waals surface area contributed by atoms with Crippen molar-refractivity contribution >= 4 is 69.6 Å². The van der Waals surface area contributed by atoms with Crippen molar-refractivity contribution in [2.75, 3.05) is 0 Å². The maximum Gasteiger partial charge on any atom is 0.184 e. The van der Waals surface area contributed by atoms with Gasteiger partial charge in [-0.05, 0) is 31.4 Å². The maximum atomic E-state index is 6.50. The molecular formula is C14H16ClN7S2. The fourth-order valence-electron chi connectivity index (χ4n) is 2.28. The van der Waals surface area contributed by atoms with Crippen molar-refractivity contribution in [3.05, 3.63) is 34.5 Å². The number of para-hydroxylation sites is 1. The molecule has 0 saturated heterocycles. The van der Waals surface area contributed by atoms with Crippen LogP contribution in [0.15, 0.2) is 28.4 Å². The van der Waals surface area contributed by atoms with E-state index < -0.39 is 0 Å². The molecular weight excluding hydrogens is 366 g/mol. The number of halogens is 1. The second-order valence-electron chi connectivity index (χ2n) is 4.66. The van der Waals surface area contributed by atoms with Crippen molar-refractivity contribution in [2.24, 2.45) is 21.7 Å². The Balaban J connectivity index is 2.56. The molecule has 0 amide bonds. The molecule has 7 nitrogen and oxygen atoms in total. The van der Waals surface area contributed by atoms with E-state index in [1.165, 1.54) is 0 Å². The van der Waals surface area contributed by atoms with Crippen molar-refractivity contribution < 1.29 is 0 Å². The minimum absolute atomic E-state index is 0.0817. The smallest absolute Gasteiger partial charge is 0.184 e. The molecule has 0 radical (unpaired) electrons. The Kier molecular flexibility index (Phi) is 6.07. The van der Waals surface area contributed by atoms with E-state index in [1.807, 2.05) is 29.7 Å². The van der Waals surface area contributed by atoms with Gasteiger partial charge in [0.1, 0.15) is 5.15 Å². The Labute approximate surface area is 154 Å². The van der Waals surface area contributed by atoms with E-state index in [9.17, 15) is 0 Å². The van der Waals surface area contributed by atoms with Gasteiger partial charge in [0.05, 0.1) is 17.9 Å². The van der Waals surface area contributed by atoms with E-state index in [1.54, 1.807) is 12.4 Å². The van der Waals surface area contributed by atoms with Gasteiger partial charge in [0, 0.05) is 23.1 Å². The second-order valence-corrected chi connectivity index (χ2v) is 5.90. The molecule has 0 saturated carbocycles. The summed E-state index contributed by atoms with van der Waals surface area (Å²) in [5.41, 5.74) is 18.3. The van der Waals surface area contributed by atoms with Gasteiger partial charge in [0.15, 0.2) is 10.2 Å². The number of nitrogens with zero attached hydrogens (tertiary/aromatic N) is 3. The average molecular weight is 382 g/mol. The van der Waals surface area contributed by atoms with E-state index >= 15 is 0 Å². The monoisotopic (exact) mass is 381 g/mol. The summed E-state index contributed by atoms with van der Waals surface area (Å²) in [5.74, 6) is 0. The zero-order chi connectivity index (χ0) is 17.7. The molecule has 0 aliphatic rings. The van der Waals surface area contributed by atoms with Crippen LogP contribution in [0.3, 0.4) is 0 Å². The highest BCUT2D eigenvalue weighted by Gasteiger charge is 2.15. The number of hydrogen-bond donors (Lipinski definition) is 4. The summed E-state index contributed by atoms with van der Waals surface area (Å²) in [6.07, 6.45) is 3.22. The zero-order valence-electron chi connectivity index (χ0n) is 12.8. The normalized spacial score (nSPS) is 11.4. The first-order valence-electron chi connectivity index (χ1n) is 6.93. The second kappa shape index (κ2) is 8.04. The van der Waals surface area contributed by atoms with Crippen LogP contribution >= 0.6 is 36.0 Å². The van der Waals surface area contributed by atoms with Crippen molar-refractivity contribution in [1.29, 1.82) is 0 Å². The van der Waals surface area contributed by atoms with Crippen LogP contribution in [0.2, 0.25) is 5.15 Å². The van der Waals surface area contributed by atoms with Gasteiger partial charge < -0.3 is 16.0 Å². The van der Waals surface area contributed by atoms with Crippen molar-refractivity contribution in [2.45, 2.75) is 13.5 Å². The summed E-state index contributed by atoms with van der Waals surface area (Å²) in [4.78, 5) is 0. The average Bonchev–Trinajstić information content (AvgIpc) is 2.79. The molecule has 0 fully saturated rings. The molecule has 1 aromatic carbocycles. The van der Waals surface area contributed by atoms with Gasteiger partial charge in [-0.15, -0.1) is 0 Å². The first-order valence-corrected chi connectivity index (χ1v) is 8.12.